The van der Waals surface area contributed by atoms with Gasteiger partial charge in [0.25, 0.3) is 0 Å². The summed E-state index contributed by atoms with van der Waals surface area (Å²) < 4.78 is 86.6. The molecule has 0 bridgehead atoms. The van der Waals surface area contributed by atoms with Crippen LogP contribution in [0.3, 0.4) is 0 Å². The van der Waals surface area contributed by atoms with Crippen molar-refractivity contribution in [3.8, 4) is 16.9 Å². The number of carbonyl (C=O) groups excluding carboxylic acids is 1. The summed E-state index contributed by atoms with van der Waals surface area (Å²) in [4.78, 5) is 32.5. The van der Waals surface area contributed by atoms with E-state index in [-0.39, 0.29) is 24.3 Å². The molecule has 1 amide bonds. The summed E-state index contributed by atoms with van der Waals surface area (Å²) in [7, 11) is 0. The Morgan fingerprint density at radius 3 is 2.18 bits per heavy atom. The molecule has 2 N–H and O–H groups in total. The standard InChI is InChI=1S/C31H27F6N3O5/c1-15-27(17-9-18(30(32,33)34)12-19(10-17)31(35,36)37)45-29(44)40(15)14-24-20(4-6-26(38-24)39-7-2-8-39)22-11-16(3-5-25(22)41)21-13-23(21)28(42)43/h3-6,9-12,15,21,23,27,41H,2,7-8,13-14H2,1H3,(H,42,43)/t15-,21?,23-,27-/m0/s1. The number of carboxylic acid groups (broad SMARTS) is 1. The van der Waals surface area contributed by atoms with Crippen molar-refractivity contribution in [2.24, 2.45) is 5.92 Å². The van der Waals surface area contributed by atoms with Crippen molar-refractivity contribution in [3.63, 3.8) is 0 Å². The lowest BCUT2D eigenvalue weighted by Crippen LogP contribution is -2.38. The molecule has 3 aliphatic rings. The Hall–Kier alpha value is -4.49. The van der Waals surface area contributed by atoms with Crippen LogP contribution in [-0.4, -0.2) is 51.3 Å². The number of aliphatic carboxylic acids is 1. The first kappa shape index (κ1) is 30.5. The zero-order valence-electron chi connectivity index (χ0n) is 23.7. The molecule has 3 fully saturated rings. The van der Waals surface area contributed by atoms with E-state index in [1.807, 2.05) is 4.90 Å². The minimum absolute atomic E-state index is 0.0150. The first-order valence-corrected chi connectivity index (χ1v) is 14.2. The number of aromatic nitrogens is 1. The van der Waals surface area contributed by atoms with E-state index in [4.69, 9.17) is 9.72 Å². The Bertz CT molecular complexity index is 1640. The number of phenols is 1. The number of benzene rings is 2. The smallest absolute Gasteiger partial charge is 0.416 e. The lowest BCUT2D eigenvalue weighted by atomic mass is 9.96. The number of cyclic esters (lactones) is 1. The van der Waals surface area contributed by atoms with Gasteiger partial charge in [-0.05, 0) is 79.3 Å². The lowest BCUT2D eigenvalue weighted by Gasteiger charge is -2.33. The van der Waals surface area contributed by atoms with Crippen LogP contribution < -0.4 is 4.90 Å². The molecule has 2 saturated heterocycles. The average Bonchev–Trinajstić information content (AvgIpc) is 3.69. The molecule has 1 saturated carbocycles. The van der Waals surface area contributed by atoms with E-state index in [0.29, 0.717) is 46.8 Å². The predicted molar refractivity (Wildman–Crippen MR) is 147 cm³/mol. The van der Waals surface area contributed by atoms with Gasteiger partial charge in [0.1, 0.15) is 17.7 Å². The number of amides is 1. The molecule has 6 rings (SSSR count). The number of nitrogens with zero attached hydrogens (tertiary/aromatic N) is 3. The average molecular weight is 636 g/mol. The highest BCUT2D eigenvalue weighted by Crippen LogP contribution is 2.49. The Morgan fingerprint density at radius 2 is 1.62 bits per heavy atom. The summed E-state index contributed by atoms with van der Waals surface area (Å²) in [5.74, 6) is -1.23. The van der Waals surface area contributed by atoms with Crippen molar-refractivity contribution in [2.45, 2.75) is 56.7 Å². The molecule has 2 aromatic carbocycles. The Morgan fingerprint density at radius 1 is 0.956 bits per heavy atom. The van der Waals surface area contributed by atoms with Gasteiger partial charge in [-0.15, -0.1) is 0 Å². The summed E-state index contributed by atoms with van der Waals surface area (Å²) in [6, 6.07) is 8.34. The molecule has 0 spiro atoms. The van der Waals surface area contributed by atoms with Crippen LogP contribution in [0.15, 0.2) is 48.5 Å². The molecule has 1 unspecified atom stereocenters. The van der Waals surface area contributed by atoms with Crippen LogP contribution >= 0.6 is 0 Å². The van der Waals surface area contributed by atoms with Crippen molar-refractivity contribution in [3.05, 3.63) is 76.5 Å². The van der Waals surface area contributed by atoms with Crippen molar-refractivity contribution >= 4 is 17.9 Å². The number of rotatable bonds is 7. The largest absolute Gasteiger partial charge is 0.507 e. The van der Waals surface area contributed by atoms with Gasteiger partial charge in [-0.25, -0.2) is 9.78 Å². The number of hydrogen-bond acceptors (Lipinski definition) is 6. The van der Waals surface area contributed by atoms with E-state index < -0.39 is 59.2 Å². The topological polar surface area (TPSA) is 103 Å². The van der Waals surface area contributed by atoms with E-state index in [1.54, 1.807) is 24.3 Å². The number of hydrogen-bond donors (Lipinski definition) is 2. The number of ether oxygens (including phenoxy) is 1. The van der Waals surface area contributed by atoms with E-state index in [1.165, 1.54) is 17.9 Å². The van der Waals surface area contributed by atoms with Crippen molar-refractivity contribution in [2.75, 3.05) is 18.0 Å². The van der Waals surface area contributed by atoms with Crippen LogP contribution in [0.4, 0.5) is 37.0 Å². The van der Waals surface area contributed by atoms with Crippen LogP contribution in [0.25, 0.3) is 11.1 Å². The summed E-state index contributed by atoms with van der Waals surface area (Å²) in [5, 5.41) is 20.2. The maximum Gasteiger partial charge on any atom is 0.416 e. The van der Waals surface area contributed by atoms with Crippen LogP contribution in [0.5, 0.6) is 5.75 Å². The molecular weight excluding hydrogens is 608 g/mol. The zero-order valence-corrected chi connectivity index (χ0v) is 23.7. The molecule has 238 valence electrons. The van der Waals surface area contributed by atoms with E-state index in [9.17, 15) is 46.1 Å². The van der Waals surface area contributed by atoms with Gasteiger partial charge in [-0.3, -0.25) is 9.69 Å². The van der Waals surface area contributed by atoms with Crippen LogP contribution in [0.2, 0.25) is 0 Å². The lowest BCUT2D eigenvalue weighted by molar-refractivity contribution is -0.143. The maximum atomic E-state index is 13.5. The molecular formula is C31H27F6N3O5. The Kier molecular flexibility index (Phi) is 7.36. The Labute approximate surface area is 252 Å². The number of aromatic hydroxyl groups is 1. The van der Waals surface area contributed by atoms with E-state index in [2.05, 4.69) is 0 Å². The number of phenolic OH excluding ortho intramolecular Hbond substituents is 1. The summed E-state index contributed by atoms with van der Waals surface area (Å²) in [6.45, 7) is 2.71. The second-order valence-electron chi connectivity index (χ2n) is 11.6. The van der Waals surface area contributed by atoms with Crippen molar-refractivity contribution in [1.82, 2.24) is 9.88 Å². The van der Waals surface area contributed by atoms with Crippen molar-refractivity contribution in [1.29, 1.82) is 0 Å². The zero-order chi connectivity index (χ0) is 32.4. The number of alkyl halides is 6. The fourth-order valence-corrected chi connectivity index (χ4v) is 5.88. The number of carboxylic acids is 1. The molecule has 45 heavy (non-hydrogen) atoms. The van der Waals surface area contributed by atoms with Gasteiger partial charge in [0, 0.05) is 24.2 Å². The first-order chi connectivity index (χ1) is 21.1. The van der Waals surface area contributed by atoms with Crippen LogP contribution in [-0.2, 0) is 28.4 Å². The number of halogens is 6. The fourth-order valence-electron chi connectivity index (χ4n) is 5.88. The molecule has 8 nitrogen and oxygen atoms in total. The molecule has 3 aromatic rings. The molecule has 2 aliphatic heterocycles. The monoisotopic (exact) mass is 635 g/mol. The third kappa shape index (κ3) is 5.85. The van der Waals surface area contributed by atoms with Gasteiger partial charge in [-0.1, -0.05) is 6.07 Å². The molecule has 14 heteroatoms. The third-order valence-electron chi connectivity index (χ3n) is 8.64. The molecule has 0 radical (unpaired) electrons. The second kappa shape index (κ2) is 10.8. The van der Waals surface area contributed by atoms with Crippen molar-refractivity contribution < 1.29 is 50.9 Å². The quantitative estimate of drug-likeness (QED) is 0.270. The van der Waals surface area contributed by atoms with Gasteiger partial charge >= 0.3 is 24.4 Å². The Balaban J connectivity index is 1.36. The van der Waals surface area contributed by atoms with E-state index in [0.717, 1.165) is 19.5 Å². The highest BCUT2D eigenvalue weighted by atomic mass is 19.4. The van der Waals surface area contributed by atoms with E-state index >= 15 is 0 Å². The second-order valence-corrected chi connectivity index (χ2v) is 11.6. The highest BCUT2D eigenvalue weighted by molar-refractivity contribution is 5.78. The molecule has 3 heterocycles. The van der Waals surface area contributed by atoms with Gasteiger partial charge in [0.15, 0.2) is 0 Å². The van der Waals surface area contributed by atoms with Gasteiger partial charge in [-0.2, -0.15) is 26.3 Å². The highest BCUT2D eigenvalue weighted by Gasteiger charge is 2.45. The third-order valence-corrected chi connectivity index (χ3v) is 8.64. The maximum absolute atomic E-state index is 13.5. The van der Waals surface area contributed by atoms with Gasteiger partial charge < -0.3 is 19.8 Å². The minimum Gasteiger partial charge on any atom is -0.507 e. The molecule has 4 atom stereocenters. The van der Waals surface area contributed by atoms with Gasteiger partial charge in [0.2, 0.25) is 0 Å². The number of carbonyl (C=O) groups is 2. The minimum atomic E-state index is -5.07. The number of pyridine rings is 1. The molecule has 1 aliphatic carbocycles. The number of anilines is 1. The molecule has 1 aromatic heterocycles. The van der Waals surface area contributed by atoms with Gasteiger partial charge in [0.05, 0.1) is 35.3 Å². The first-order valence-electron chi connectivity index (χ1n) is 14.2. The van der Waals surface area contributed by atoms with Crippen LogP contribution in [0.1, 0.15) is 59.7 Å². The SMILES string of the molecule is C[C@H]1[C@@H](c2cc(C(F)(F)F)cc(C(F)(F)F)c2)OC(=O)N1Cc1nc(N2CCC2)ccc1-c1cc(C2C[C@@H]2C(=O)O)ccc1O. The van der Waals surface area contributed by atoms with Crippen LogP contribution in [0, 0.1) is 5.92 Å². The normalized spacial score (nSPS) is 23.1. The fraction of sp³-hybridized carbons (Fsp3) is 0.387. The summed E-state index contributed by atoms with van der Waals surface area (Å²) >= 11 is 0. The summed E-state index contributed by atoms with van der Waals surface area (Å²) in [6.07, 6.45) is -11.1. The summed E-state index contributed by atoms with van der Waals surface area (Å²) in [5.41, 5.74) is -1.72. The predicted octanol–water partition coefficient (Wildman–Crippen LogP) is 6.97.